The number of para-hydroxylation sites is 1. The minimum Gasteiger partial charge on any atom is -0.496 e. The van der Waals surface area contributed by atoms with Crippen molar-refractivity contribution in [3.05, 3.63) is 89.2 Å². The zero-order valence-corrected chi connectivity index (χ0v) is 14.8. The molecule has 0 aromatic heterocycles. The van der Waals surface area contributed by atoms with E-state index in [1.165, 1.54) is 11.6 Å². The first-order valence-electron chi connectivity index (χ1n) is 7.91. The van der Waals surface area contributed by atoms with Crippen LogP contribution in [0, 0.1) is 12.7 Å². The first-order chi connectivity index (χ1) is 11.7. The number of methoxy groups -OCH3 is 1. The first kappa shape index (κ1) is 16.7. The van der Waals surface area contributed by atoms with Gasteiger partial charge in [0.2, 0.25) is 0 Å². The van der Waals surface area contributed by atoms with E-state index in [0.717, 1.165) is 33.9 Å². The lowest BCUT2D eigenvalue weighted by Gasteiger charge is -2.15. The van der Waals surface area contributed by atoms with Gasteiger partial charge in [-0.15, -0.1) is 0 Å². The minimum absolute atomic E-state index is 0.149. The lowest BCUT2D eigenvalue weighted by molar-refractivity contribution is 0.414. The molecular weight excluding hydrogens is 318 g/mol. The predicted octanol–water partition coefficient (Wildman–Crippen LogP) is 4.36. The molecule has 0 spiro atoms. The van der Waals surface area contributed by atoms with Crippen LogP contribution < -0.4 is 15.3 Å². The fourth-order valence-corrected chi connectivity index (χ4v) is 4.11. The molecule has 0 heterocycles. The van der Waals surface area contributed by atoms with Crippen LogP contribution in [0.2, 0.25) is 0 Å². The molecule has 0 aliphatic carbocycles. The summed E-state index contributed by atoms with van der Waals surface area (Å²) in [6.45, 7) is 1.95. The third-order valence-corrected chi connectivity index (χ3v) is 5.57. The van der Waals surface area contributed by atoms with Crippen molar-refractivity contribution < 1.29 is 9.13 Å². The molecule has 1 nitrogen and oxygen atoms in total. The lowest BCUT2D eigenvalue weighted by Crippen LogP contribution is -2.14. The highest BCUT2D eigenvalue weighted by Crippen LogP contribution is 2.27. The summed E-state index contributed by atoms with van der Waals surface area (Å²) in [5.41, 5.74) is 3.34. The summed E-state index contributed by atoms with van der Waals surface area (Å²) in [6, 6.07) is 21.7. The van der Waals surface area contributed by atoms with E-state index in [-0.39, 0.29) is 14.4 Å². The van der Waals surface area contributed by atoms with Gasteiger partial charge >= 0.3 is 0 Å². The van der Waals surface area contributed by atoms with Crippen LogP contribution in [-0.4, -0.2) is 7.11 Å². The molecule has 3 rings (SSSR count). The van der Waals surface area contributed by atoms with Gasteiger partial charge in [-0.05, 0) is 29.7 Å². The first-order valence-corrected chi connectivity index (χ1v) is 8.91. The molecule has 0 amide bonds. The zero-order chi connectivity index (χ0) is 16.9. The summed E-state index contributed by atoms with van der Waals surface area (Å²) in [5, 5.41) is 1.80. The molecule has 0 fully saturated rings. The second kappa shape index (κ2) is 7.59. The third kappa shape index (κ3) is 3.66. The van der Waals surface area contributed by atoms with Crippen LogP contribution >= 0.6 is 8.58 Å². The molecule has 0 N–H and O–H groups in total. The van der Waals surface area contributed by atoms with E-state index in [2.05, 4.69) is 18.2 Å². The maximum absolute atomic E-state index is 14.2. The van der Waals surface area contributed by atoms with Crippen LogP contribution in [0.25, 0.3) is 0 Å². The Morgan fingerprint density at radius 1 is 0.917 bits per heavy atom. The van der Waals surface area contributed by atoms with Crippen LogP contribution in [0.15, 0.2) is 66.7 Å². The monoisotopic (exact) mass is 338 g/mol. The smallest absolute Gasteiger partial charge is 0.131 e. The van der Waals surface area contributed by atoms with Crippen LogP contribution in [0.4, 0.5) is 4.39 Å². The Morgan fingerprint density at radius 3 is 2.38 bits per heavy atom. The van der Waals surface area contributed by atoms with Gasteiger partial charge in [0.1, 0.15) is 11.6 Å². The molecule has 0 aliphatic rings. The summed E-state index contributed by atoms with van der Waals surface area (Å²) < 4.78 is 19.9. The van der Waals surface area contributed by atoms with Crippen molar-refractivity contribution in [1.82, 2.24) is 0 Å². The summed E-state index contributed by atoms with van der Waals surface area (Å²) in [7, 11) is 1.92. The summed E-state index contributed by atoms with van der Waals surface area (Å²) >= 11 is 0. The Bertz CT molecular complexity index is 810. The molecule has 0 aliphatic heterocycles. The summed E-state index contributed by atoms with van der Waals surface area (Å²) in [4.78, 5) is 0. The van der Waals surface area contributed by atoms with Crippen molar-refractivity contribution in [2.45, 2.75) is 13.3 Å². The molecule has 3 aromatic carbocycles. The van der Waals surface area contributed by atoms with Gasteiger partial charge in [-0.2, -0.15) is 0 Å². The molecule has 0 bridgehead atoms. The number of rotatable bonds is 5. The van der Waals surface area contributed by atoms with Crippen molar-refractivity contribution in [1.29, 1.82) is 0 Å². The highest BCUT2D eigenvalue weighted by molar-refractivity contribution is 7.55. The fraction of sp³-hybridized carbons (Fsp3) is 0.143. The van der Waals surface area contributed by atoms with Crippen molar-refractivity contribution in [3.63, 3.8) is 0 Å². The number of aryl methyl sites for hydroxylation is 1. The molecule has 3 heteroatoms. The number of halogens is 1. The highest BCUT2D eigenvalue weighted by atomic mass is 31.1. The van der Waals surface area contributed by atoms with Crippen molar-refractivity contribution in [3.8, 4) is 5.75 Å². The van der Waals surface area contributed by atoms with Crippen molar-refractivity contribution >= 4 is 19.2 Å². The van der Waals surface area contributed by atoms with Gasteiger partial charge in [-0.25, -0.2) is 4.39 Å². The van der Waals surface area contributed by atoms with Crippen molar-refractivity contribution in [2.75, 3.05) is 7.11 Å². The van der Waals surface area contributed by atoms with Crippen LogP contribution in [0.1, 0.15) is 16.7 Å². The molecular formula is C21H20FOP. The maximum Gasteiger partial charge on any atom is 0.131 e. The number of benzene rings is 3. The number of hydrogen-bond donors (Lipinski definition) is 0. The third-order valence-electron chi connectivity index (χ3n) is 4.02. The fourth-order valence-electron chi connectivity index (χ4n) is 2.80. The maximum atomic E-state index is 14.2. The van der Waals surface area contributed by atoms with E-state index in [4.69, 9.17) is 4.74 Å². The van der Waals surface area contributed by atoms with Crippen LogP contribution in [0.5, 0.6) is 5.75 Å². The van der Waals surface area contributed by atoms with Gasteiger partial charge in [-0.3, -0.25) is 0 Å². The Morgan fingerprint density at radius 2 is 1.67 bits per heavy atom. The summed E-state index contributed by atoms with van der Waals surface area (Å²) in [6.07, 6.45) is 0.804. The predicted molar refractivity (Wildman–Crippen MR) is 101 cm³/mol. The zero-order valence-electron chi connectivity index (χ0n) is 13.8. The van der Waals surface area contributed by atoms with Gasteiger partial charge < -0.3 is 4.74 Å². The van der Waals surface area contributed by atoms with Crippen LogP contribution in [-0.2, 0) is 6.42 Å². The lowest BCUT2D eigenvalue weighted by atomic mass is 10.0. The summed E-state index contributed by atoms with van der Waals surface area (Å²) in [5.74, 6) is 0.714. The van der Waals surface area contributed by atoms with E-state index in [1.54, 1.807) is 13.2 Å². The van der Waals surface area contributed by atoms with Gasteiger partial charge in [0.05, 0.1) is 7.11 Å². The van der Waals surface area contributed by atoms with Crippen LogP contribution in [0.3, 0.4) is 0 Å². The van der Waals surface area contributed by atoms with E-state index in [9.17, 15) is 4.39 Å². The molecule has 122 valence electrons. The molecule has 1 unspecified atom stereocenters. The van der Waals surface area contributed by atoms with Gasteiger partial charge in [0, 0.05) is 17.0 Å². The largest absolute Gasteiger partial charge is 0.496 e. The molecule has 0 saturated carbocycles. The van der Waals surface area contributed by atoms with E-state index in [1.807, 2.05) is 43.3 Å². The normalized spacial score (nSPS) is 11.1. The second-order valence-corrected chi connectivity index (χ2v) is 7.01. The van der Waals surface area contributed by atoms with Gasteiger partial charge in [0.15, 0.2) is 0 Å². The molecule has 1 atom stereocenters. The molecule has 0 saturated heterocycles. The quantitative estimate of drug-likeness (QED) is 0.628. The SMILES string of the molecule is COc1c(Cc2ccccc2)cccc1Pc1c(C)cccc1F. The van der Waals surface area contributed by atoms with E-state index < -0.39 is 0 Å². The Kier molecular flexibility index (Phi) is 5.27. The average molecular weight is 338 g/mol. The standard InChI is InChI=1S/C21H20FOP/c1-15-8-6-12-18(22)21(15)24-19-13-7-11-17(20(19)23-2)14-16-9-4-3-5-10-16/h3-13,24H,14H2,1-2H3. The minimum atomic E-state index is -0.149. The Labute approximate surface area is 144 Å². The van der Waals surface area contributed by atoms with E-state index in [0.29, 0.717) is 0 Å². The molecule has 3 aromatic rings. The topological polar surface area (TPSA) is 9.23 Å². The number of hydrogen-bond acceptors (Lipinski definition) is 1. The average Bonchev–Trinajstić information content (AvgIpc) is 2.59. The second-order valence-electron chi connectivity index (χ2n) is 5.72. The Balaban J connectivity index is 1.96. The Hall–Kier alpha value is -2.18. The van der Waals surface area contributed by atoms with Gasteiger partial charge in [-0.1, -0.05) is 69.2 Å². The molecule has 0 radical (unpaired) electrons. The van der Waals surface area contributed by atoms with Crippen molar-refractivity contribution in [2.24, 2.45) is 0 Å². The number of ether oxygens (including phenoxy) is 1. The molecule has 24 heavy (non-hydrogen) atoms. The van der Waals surface area contributed by atoms with E-state index >= 15 is 0 Å². The van der Waals surface area contributed by atoms with Gasteiger partial charge in [0.25, 0.3) is 0 Å². The highest BCUT2D eigenvalue weighted by Gasteiger charge is 2.13.